The lowest BCUT2D eigenvalue weighted by Crippen LogP contribution is -2.16. The van der Waals surface area contributed by atoms with Crippen LogP contribution in [-0.4, -0.2) is 25.4 Å². The van der Waals surface area contributed by atoms with Crippen molar-refractivity contribution >= 4 is 16.7 Å². The maximum atomic E-state index is 7.72. The van der Waals surface area contributed by atoms with E-state index < -0.39 is 0 Å². The third-order valence-corrected chi connectivity index (χ3v) is 3.14. The van der Waals surface area contributed by atoms with Crippen LogP contribution < -0.4 is 5.73 Å². The molecule has 0 aliphatic heterocycles. The van der Waals surface area contributed by atoms with Crippen molar-refractivity contribution in [2.24, 2.45) is 12.8 Å². The number of nitrogens with zero attached hydrogens (tertiary/aromatic N) is 4. The van der Waals surface area contributed by atoms with Crippen molar-refractivity contribution in [1.82, 2.24) is 19.6 Å². The van der Waals surface area contributed by atoms with Gasteiger partial charge in [0.05, 0.1) is 23.0 Å². The molecule has 1 aromatic carbocycles. The van der Waals surface area contributed by atoms with Gasteiger partial charge in [-0.15, -0.1) is 0 Å². The third-order valence-electron chi connectivity index (χ3n) is 3.14. The van der Waals surface area contributed by atoms with Gasteiger partial charge in [0.2, 0.25) is 0 Å². The number of benzene rings is 1. The molecule has 0 atom stereocenters. The summed E-state index contributed by atoms with van der Waals surface area (Å²) in [7, 11) is 1.82. The molecule has 3 rings (SSSR count). The second-order valence-electron chi connectivity index (χ2n) is 4.44. The van der Waals surface area contributed by atoms with Crippen molar-refractivity contribution < 1.29 is 0 Å². The molecule has 0 bridgehead atoms. The number of para-hydroxylation sites is 1. The number of nitrogens with two attached hydrogens (primary N) is 1. The molecule has 0 fully saturated rings. The van der Waals surface area contributed by atoms with E-state index in [9.17, 15) is 0 Å². The van der Waals surface area contributed by atoms with Crippen molar-refractivity contribution in [3.05, 3.63) is 41.7 Å². The van der Waals surface area contributed by atoms with Gasteiger partial charge in [0.15, 0.2) is 5.82 Å². The van der Waals surface area contributed by atoms with Crippen molar-refractivity contribution in [3.63, 3.8) is 0 Å². The molecular formula is C13H14N6. The SMILES string of the molecule is Cc1nn(C)c(-n2ncc3ccccc32)c1C(=N)N. The van der Waals surface area contributed by atoms with Crippen molar-refractivity contribution in [2.45, 2.75) is 6.92 Å². The van der Waals surface area contributed by atoms with Crippen LogP contribution >= 0.6 is 0 Å². The summed E-state index contributed by atoms with van der Waals surface area (Å²) in [6.07, 6.45) is 1.79. The summed E-state index contributed by atoms with van der Waals surface area (Å²) >= 11 is 0. The van der Waals surface area contributed by atoms with Crippen LogP contribution in [0.2, 0.25) is 0 Å². The Labute approximate surface area is 110 Å². The Morgan fingerprint density at radius 2 is 2.05 bits per heavy atom. The summed E-state index contributed by atoms with van der Waals surface area (Å²) in [4.78, 5) is 0. The monoisotopic (exact) mass is 254 g/mol. The number of hydrogen-bond acceptors (Lipinski definition) is 3. The highest BCUT2D eigenvalue weighted by Gasteiger charge is 2.19. The fourth-order valence-electron chi connectivity index (χ4n) is 2.34. The van der Waals surface area contributed by atoms with Crippen LogP contribution in [0.25, 0.3) is 16.7 Å². The van der Waals surface area contributed by atoms with Gasteiger partial charge < -0.3 is 5.73 Å². The number of nitrogens with one attached hydrogen (secondary N) is 1. The number of fused-ring (bicyclic) bond motifs is 1. The van der Waals surface area contributed by atoms with E-state index in [1.165, 1.54) is 0 Å². The van der Waals surface area contributed by atoms with Crippen LogP contribution in [0.1, 0.15) is 11.3 Å². The number of hydrogen-bond donors (Lipinski definition) is 2. The van der Waals surface area contributed by atoms with Crippen molar-refractivity contribution in [3.8, 4) is 5.82 Å². The molecule has 2 aromatic heterocycles. The summed E-state index contributed by atoms with van der Waals surface area (Å²) in [5.41, 5.74) is 7.98. The van der Waals surface area contributed by atoms with Gasteiger partial charge in [0, 0.05) is 12.4 Å². The number of aryl methyl sites for hydroxylation is 2. The minimum absolute atomic E-state index is 0.000168. The van der Waals surface area contributed by atoms with Gasteiger partial charge in [-0.1, -0.05) is 18.2 Å². The average Bonchev–Trinajstić information content (AvgIpc) is 2.89. The maximum Gasteiger partial charge on any atom is 0.163 e. The van der Waals surface area contributed by atoms with Gasteiger partial charge in [-0.2, -0.15) is 10.2 Å². The predicted octanol–water partition coefficient (Wildman–Crippen LogP) is 1.35. The molecule has 3 N–H and O–H groups in total. The molecular weight excluding hydrogens is 240 g/mol. The number of rotatable bonds is 2. The molecule has 0 saturated heterocycles. The quantitative estimate of drug-likeness (QED) is 0.534. The Morgan fingerprint density at radius 1 is 1.32 bits per heavy atom. The first-order valence-corrected chi connectivity index (χ1v) is 5.90. The Kier molecular flexibility index (Phi) is 2.38. The van der Waals surface area contributed by atoms with Gasteiger partial charge in [0.1, 0.15) is 5.84 Å². The van der Waals surface area contributed by atoms with E-state index in [2.05, 4.69) is 10.2 Å². The van der Waals surface area contributed by atoms with Gasteiger partial charge in [0.25, 0.3) is 0 Å². The molecule has 0 aliphatic carbocycles. The Balaban J connectivity index is 2.36. The Bertz CT molecular complexity index is 780. The summed E-state index contributed by atoms with van der Waals surface area (Å²) in [6, 6.07) is 7.90. The lowest BCUT2D eigenvalue weighted by Gasteiger charge is -2.06. The van der Waals surface area contributed by atoms with Crippen LogP contribution in [0.3, 0.4) is 0 Å². The maximum absolute atomic E-state index is 7.72. The van der Waals surface area contributed by atoms with Crippen LogP contribution in [0.4, 0.5) is 0 Å². The van der Waals surface area contributed by atoms with Gasteiger partial charge in [-0.25, -0.2) is 4.68 Å². The van der Waals surface area contributed by atoms with E-state index in [1.807, 2.05) is 38.2 Å². The van der Waals surface area contributed by atoms with E-state index in [0.717, 1.165) is 16.6 Å². The fourth-order valence-corrected chi connectivity index (χ4v) is 2.34. The zero-order valence-corrected chi connectivity index (χ0v) is 10.8. The van der Waals surface area contributed by atoms with E-state index in [4.69, 9.17) is 11.1 Å². The molecule has 6 heteroatoms. The summed E-state index contributed by atoms with van der Waals surface area (Å²) < 4.78 is 3.47. The molecule has 3 aromatic rings. The molecule has 0 amide bonds. The summed E-state index contributed by atoms with van der Waals surface area (Å²) in [5, 5.41) is 17.5. The number of amidine groups is 1. The van der Waals surface area contributed by atoms with Crippen LogP contribution in [0.5, 0.6) is 0 Å². The van der Waals surface area contributed by atoms with E-state index >= 15 is 0 Å². The predicted molar refractivity (Wildman–Crippen MR) is 73.6 cm³/mol. The molecule has 0 spiro atoms. The van der Waals surface area contributed by atoms with Gasteiger partial charge in [-0.3, -0.25) is 10.1 Å². The zero-order valence-electron chi connectivity index (χ0n) is 10.8. The molecule has 2 heterocycles. The number of nitrogen functional groups attached to an aromatic ring is 1. The molecule has 0 saturated carbocycles. The lowest BCUT2D eigenvalue weighted by atomic mass is 10.2. The minimum Gasteiger partial charge on any atom is -0.384 e. The Hall–Kier alpha value is -2.63. The molecule has 0 unspecified atom stereocenters. The van der Waals surface area contributed by atoms with Crippen molar-refractivity contribution in [2.75, 3.05) is 0 Å². The fraction of sp³-hybridized carbons (Fsp3) is 0.154. The van der Waals surface area contributed by atoms with E-state index in [-0.39, 0.29) is 5.84 Å². The summed E-state index contributed by atoms with van der Waals surface area (Å²) in [6.45, 7) is 1.84. The third kappa shape index (κ3) is 1.61. The van der Waals surface area contributed by atoms with E-state index in [0.29, 0.717) is 11.4 Å². The topological polar surface area (TPSA) is 85.5 Å². The van der Waals surface area contributed by atoms with E-state index in [1.54, 1.807) is 15.6 Å². The normalized spacial score (nSPS) is 11.1. The summed E-state index contributed by atoms with van der Waals surface area (Å²) in [5.74, 6) is 0.714. The standard InChI is InChI=1S/C13H14N6/c1-8-11(12(14)15)13(18(2)17-8)19-10-6-4-3-5-9(10)7-16-19/h3-7H,1-2H3,(H3,14,15). The first kappa shape index (κ1) is 11.5. The Morgan fingerprint density at radius 3 is 2.79 bits per heavy atom. The first-order chi connectivity index (χ1) is 9.09. The zero-order chi connectivity index (χ0) is 13.6. The second-order valence-corrected chi connectivity index (χ2v) is 4.44. The van der Waals surface area contributed by atoms with Crippen LogP contribution in [-0.2, 0) is 7.05 Å². The largest absolute Gasteiger partial charge is 0.384 e. The van der Waals surface area contributed by atoms with Crippen LogP contribution in [0, 0.1) is 12.3 Å². The molecule has 0 aliphatic rings. The first-order valence-electron chi connectivity index (χ1n) is 5.90. The molecule has 6 nitrogen and oxygen atoms in total. The lowest BCUT2D eigenvalue weighted by molar-refractivity contribution is 0.702. The minimum atomic E-state index is 0.000168. The highest BCUT2D eigenvalue weighted by atomic mass is 15.4. The van der Waals surface area contributed by atoms with Crippen LogP contribution in [0.15, 0.2) is 30.5 Å². The molecule has 19 heavy (non-hydrogen) atoms. The smallest absolute Gasteiger partial charge is 0.163 e. The average molecular weight is 254 g/mol. The van der Waals surface area contributed by atoms with Crippen molar-refractivity contribution in [1.29, 1.82) is 5.41 Å². The van der Waals surface area contributed by atoms with Gasteiger partial charge in [-0.05, 0) is 13.0 Å². The second kappa shape index (κ2) is 3.94. The number of aromatic nitrogens is 4. The highest BCUT2D eigenvalue weighted by molar-refractivity contribution is 5.99. The highest BCUT2D eigenvalue weighted by Crippen LogP contribution is 2.22. The van der Waals surface area contributed by atoms with Gasteiger partial charge >= 0.3 is 0 Å². The molecule has 0 radical (unpaired) electrons. The molecule has 96 valence electrons.